The first kappa shape index (κ1) is 15.8. The van der Waals surface area contributed by atoms with Gasteiger partial charge in [0.05, 0.1) is 12.1 Å². The molecule has 1 unspecified atom stereocenters. The molecule has 3 rings (SSSR count). The van der Waals surface area contributed by atoms with Crippen LogP contribution in [0.15, 0.2) is 18.2 Å². The maximum atomic E-state index is 10.9. The molecule has 0 spiro atoms. The van der Waals surface area contributed by atoms with Gasteiger partial charge < -0.3 is 14.9 Å². The summed E-state index contributed by atoms with van der Waals surface area (Å²) < 4.78 is 6.03. The topological polar surface area (TPSA) is 52.9 Å². The number of aliphatic hydroxyl groups excluding tert-OH is 2. The van der Waals surface area contributed by atoms with Gasteiger partial charge in [0.15, 0.2) is 0 Å². The Morgan fingerprint density at radius 2 is 1.91 bits per heavy atom. The van der Waals surface area contributed by atoms with Crippen LogP contribution in [0.2, 0.25) is 0 Å². The Labute approximate surface area is 132 Å². The number of hydrogen-bond acceptors (Lipinski definition) is 4. The van der Waals surface area contributed by atoms with Gasteiger partial charge in [0, 0.05) is 5.56 Å². The smallest absolute Gasteiger partial charge is 0.131 e. The second-order valence-corrected chi connectivity index (χ2v) is 7.17. The standard InChI is InChI=1S/C18H27NO3/c1-12(20)13-7-8-15-14(11-13)16(17(21)18(2,3)22-15)19-9-5-4-6-10-19/h7-8,11-12,16-17,20-21H,4-6,9-10H2,1-3H3/t12?,16-,17+/m1/s1. The summed E-state index contributed by atoms with van der Waals surface area (Å²) in [5, 5.41) is 20.8. The van der Waals surface area contributed by atoms with Gasteiger partial charge in [0.1, 0.15) is 17.5 Å². The number of likely N-dealkylation sites (tertiary alicyclic amines) is 1. The summed E-state index contributed by atoms with van der Waals surface area (Å²) in [7, 11) is 0. The van der Waals surface area contributed by atoms with Gasteiger partial charge in [-0.2, -0.15) is 0 Å². The quantitative estimate of drug-likeness (QED) is 0.882. The third kappa shape index (κ3) is 2.75. The minimum atomic E-state index is -0.610. The molecule has 1 fully saturated rings. The first-order valence-corrected chi connectivity index (χ1v) is 8.33. The zero-order chi connectivity index (χ0) is 15.9. The Bertz CT molecular complexity index is 535. The monoisotopic (exact) mass is 305 g/mol. The molecule has 1 aromatic rings. The molecular weight excluding hydrogens is 278 g/mol. The normalized spacial score (nSPS) is 29.5. The summed E-state index contributed by atoms with van der Waals surface area (Å²) in [6.45, 7) is 7.67. The van der Waals surface area contributed by atoms with Gasteiger partial charge in [0.2, 0.25) is 0 Å². The maximum Gasteiger partial charge on any atom is 0.131 e. The van der Waals surface area contributed by atoms with Crippen molar-refractivity contribution < 1.29 is 14.9 Å². The molecular formula is C18H27NO3. The Kier molecular flexibility index (Phi) is 4.19. The van der Waals surface area contributed by atoms with E-state index in [-0.39, 0.29) is 6.04 Å². The van der Waals surface area contributed by atoms with Crippen molar-refractivity contribution in [2.45, 2.75) is 63.9 Å². The van der Waals surface area contributed by atoms with E-state index < -0.39 is 17.8 Å². The lowest BCUT2D eigenvalue weighted by Gasteiger charge is -2.47. The van der Waals surface area contributed by atoms with Gasteiger partial charge in [-0.05, 0) is 64.4 Å². The molecule has 0 saturated carbocycles. The van der Waals surface area contributed by atoms with Crippen LogP contribution < -0.4 is 4.74 Å². The zero-order valence-corrected chi connectivity index (χ0v) is 13.7. The lowest BCUT2D eigenvalue weighted by Crippen LogP contribution is -2.54. The van der Waals surface area contributed by atoms with Crippen molar-refractivity contribution in [3.05, 3.63) is 29.3 Å². The Morgan fingerprint density at radius 3 is 2.55 bits per heavy atom. The molecule has 0 bridgehead atoms. The van der Waals surface area contributed by atoms with Crippen LogP contribution >= 0.6 is 0 Å². The van der Waals surface area contributed by atoms with Crippen molar-refractivity contribution in [3.8, 4) is 5.75 Å². The van der Waals surface area contributed by atoms with Crippen LogP contribution in [0.1, 0.15) is 63.3 Å². The van der Waals surface area contributed by atoms with Crippen LogP contribution in [0.4, 0.5) is 0 Å². The van der Waals surface area contributed by atoms with Crippen LogP contribution in [0.25, 0.3) is 0 Å². The summed E-state index contributed by atoms with van der Waals surface area (Å²) in [4.78, 5) is 2.38. The summed E-state index contributed by atoms with van der Waals surface area (Å²) >= 11 is 0. The van der Waals surface area contributed by atoms with E-state index in [2.05, 4.69) is 4.90 Å². The molecule has 0 aromatic heterocycles. The summed E-state index contributed by atoms with van der Waals surface area (Å²) in [5.74, 6) is 0.829. The highest BCUT2D eigenvalue weighted by Gasteiger charge is 2.45. The van der Waals surface area contributed by atoms with Crippen molar-refractivity contribution in [1.82, 2.24) is 4.90 Å². The van der Waals surface area contributed by atoms with Gasteiger partial charge in [-0.3, -0.25) is 4.90 Å². The van der Waals surface area contributed by atoms with Crippen LogP contribution in [0, 0.1) is 0 Å². The highest BCUT2D eigenvalue weighted by molar-refractivity contribution is 5.43. The summed E-state index contributed by atoms with van der Waals surface area (Å²) in [6.07, 6.45) is 2.52. The number of piperidine rings is 1. The fourth-order valence-corrected chi connectivity index (χ4v) is 3.64. The number of ether oxygens (including phenoxy) is 1. The molecule has 122 valence electrons. The molecule has 1 saturated heterocycles. The van der Waals surface area contributed by atoms with Crippen molar-refractivity contribution >= 4 is 0 Å². The molecule has 0 aliphatic carbocycles. The van der Waals surface area contributed by atoms with Gasteiger partial charge in [-0.1, -0.05) is 12.5 Å². The van der Waals surface area contributed by atoms with E-state index >= 15 is 0 Å². The van der Waals surface area contributed by atoms with Gasteiger partial charge in [-0.25, -0.2) is 0 Å². The third-order valence-corrected chi connectivity index (χ3v) is 5.00. The summed E-state index contributed by atoms with van der Waals surface area (Å²) in [5.41, 5.74) is 1.27. The van der Waals surface area contributed by atoms with Crippen LogP contribution in [-0.2, 0) is 0 Å². The largest absolute Gasteiger partial charge is 0.485 e. The molecule has 4 nitrogen and oxygen atoms in total. The SMILES string of the molecule is CC(O)c1ccc2c(c1)[C@@H](N1CCCCC1)[C@H](O)C(C)(C)O2. The Hall–Kier alpha value is -1.10. The molecule has 2 aliphatic heterocycles. The predicted molar refractivity (Wildman–Crippen MR) is 86.0 cm³/mol. The number of nitrogens with zero attached hydrogens (tertiary/aromatic N) is 1. The van der Waals surface area contributed by atoms with Gasteiger partial charge in [0.25, 0.3) is 0 Å². The highest BCUT2D eigenvalue weighted by Crippen LogP contribution is 2.44. The van der Waals surface area contributed by atoms with Gasteiger partial charge >= 0.3 is 0 Å². The number of aliphatic hydroxyl groups is 2. The Balaban J connectivity index is 2.04. The van der Waals surface area contributed by atoms with E-state index in [4.69, 9.17) is 4.74 Å². The van der Waals surface area contributed by atoms with Crippen LogP contribution in [-0.4, -0.2) is 39.9 Å². The van der Waals surface area contributed by atoms with E-state index in [0.29, 0.717) is 0 Å². The predicted octanol–water partition coefficient (Wildman–Crippen LogP) is 2.80. The number of hydrogen-bond donors (Lipinski definition) is 2. The molecule has 3 atom stereocenters. The third-order valence-electron chi connectivity index (χ3n) is 5.00. The first-order chi connectivity index (χ1) is 10.4. The van der Waals surface area contributed by atoms with E-state index in [9.17, 15) is 10.2 Å². The average molecular weight is 305 g/mol. The molecule has 0 amide bonds. The van der Waals surface area contributed by atoms with Crippen molar-refractivity contribution in [2.75, 3.05) is 13.1 Å². The minimum absolute atomic E-state index is 0.0576. The van der Waals surface area contributed by atoms with Crippen LogP contribution in [0.3, 0.4) is 0 Å². The van der Waals surface area contributed by atoms with Crippen molar-refractivity contribution in [2.24, 2.45) is 0 Å². The second kappa shape index (κ2) is 5.84. The molecule has 2 aliphatic rings. The second-order valence-electron chi connectivity index (χ2n) is 7.17. The first-order valence-electron chi connectivity index (χ1n) is 8.33. The molecule has 2 heterocycles. The molecule has 0 radical (unpaired) electrons. The zero-order valence-electron chi connectivity index (χ0n) is 13.7. The number of rotatable bonds is 2. The van der Waals surface area contributed by atoms with E-state index in [1.165, 1.54) is 19.3 Å². The number of benzene rings is 1. The average Bonchev–Trinajstić information content (AvgIpc) is 2.48. The Morgan fingerprint density at radius 1 is 1.23 bits per heavy atom. The van der Waals surface area contributed by atoms with E-state index in [1.807, 2.05) is 32.0 Å². The fourth-order valence-electron chi connectivity index (χ4n) is 3.64. The lowest BCUT2D eigenvalue weighted by molar-refractivity contribution is -0.0962. The van der Waals surface area contributed by atoms with E-state index in [0.717, 1.165) is 30.0 Å². The lowest BCUT2D eigenvalue weighted by atomic mass is 9.84. The minimum Gasteiger partial charge on any atom is -0.485 e. The number of fused-ring (bicyclic) bond motifs is 1. The summed E-state index contributed by atoms with van der Waals surface area (Å²) in [6, 6.07) is 5.78. The van der Waals surface area contributed by atoms with Crippen molar-refractivity contribution in [3.63, 3.8) is 0 Å². The molecule has 4 heteroatoms. The van der Waals surface area contributed by atoms with Crippen LogP contribution in [0.5, 0.6) is 5.75 Å². The highest BCUT2D eigenvalue weighted by atomic mass is 16.5. The van der Waals surface area contributed by atoms with E-state index in [1.54, 1.807) is 6.92 Å². The molecule has 1 aromatic carbocycles. The molecule has 2 N–H and O–H groups in total. The maximum absolute atomic E-state index is 10.9. The van der Waals surface area contributed by atoms with Crippen molar-refractivity contribution in [1.29, 1.82) is 0 Å². The fraction of sp³-hybridized carbons (Fsp3) is 0.667. The van der Waals surface area contributed by atoms with Gasteiger partial charge in [-0.15, -0.1) is 0 Å². The molecule has 22 heavy (non-hydrogen) atoms.